The van der Waals surface area contributed by atoms with Crippen molar-refractivity contribution in [2.24, 2.45) is 5.92 Å². The molecule has 1 aromatic rings. The number of benzene rings is 1. The van der Waals surface area contributed by atoms with E-state index in [2.05, 4.69) is 16.7 Å². The first-order valence-electron chi connectivity index (χ1n) is 12.0. The fraction of sp³-hybridized carbons (Fsp3) is 0.667. The van der Waals surface area contributed by atoms with Gasteiger partial charge in [-0.25, -0.2) is 0 Å². The molecule has 0 spiro atoms. The summed E-state index contributed by atoms with van der Waals surface area (Å²) in [6.07, 6.45) is 7.99. The number of nitro groups is 1. The molecule has 0 N–H and O–H groups in total. The summed E-state index contributed by atoms with van der Waals surface area (Å²) in [5, 5.41) is 10.9. The molecular weight excluding hydrogens is 408 g/mol. The molecule has 2 amide bonds. The Balaban J connectivity index is 1.42. The predicted octanol–water partition coefficient (Wildman–Crippen LogP) is 3.31. The molecule has 1 aliphatic carbocycles. The zero-order valence-electron chi connectivity index (χ0n) is 18.9. The minimum absolute atomic E-state index is 0.0174. The molecule has 4 rings (SSSR count). The summed E-state index contributed by atoms with van der Waals surface area (Å²) in [7, 11) is 0. The molecule has 0 radical (unpaired) electrons. The monoisotopic (exact) mass is 442 g/mol. The standard InChI is InChI=1S/C24H34N4O4/c1-18-6-4-5-13-27(18)24(30)22(19-7-2-3-8-19)25-14-16-26(17-15-25)23(29)20-9-11-21(12-10-20)28(31)32/h9-12,18-19,22H,2-8,13-17H2,1H3/t18-,22-/m0/s1. The van der Waals surface area contributed by atoms with Crippen LogP contribution in [0.5, 0.6) is 0 Å². The summed E-state index contributed by atoms with van der Waals surface area (Å²) < 4.78 is 0. The number of carbonyl (C=O) groups excluding carboxylic acids is 2. The smallest absolute Gasteiger partial charge is 0.269 e. The molecule has 174 valence electrons. The van der Waals surface area contributed by atoms with Crippen LogP contribution < -0.4 is 0 Å². The third-order valence-electron chi connectivity index (χ3n) is 7.51. The SMILES string of the molecule is C[C@H]1CCCCN1C(=O)[C@H](C1CCCC1)N1CCN(C(=O)c2ccc([N+](=O)[O-])cc2)CC1. The number of rotatable bonds is 5. The van der Waals surface area contributed by atoms with Gasteiger partial charge in [0.05, 0.1) is 11.0 Å². The Hall–Kier alpha value is -2.48. The predicted molar refractivity (Wildman–Crippen MR) is 121 cm³/mol. The van der Waals surface area contributed by atoms with Crippen LogP contribution in [-0.2, 0) is 4.79 Å². The van der Waals surface area contributed by atoms with E-state index in [-0.39, 0.29) is 17.6 Å². The molecule has 0 bridgehead atoms. The maximum absolute atomic E-state index is 13.7. The number of hydrogen-bond acceptors (Lipinski definition) is 5. The highest BCUT2D eigenvalue weighted by molar-refractivity contribution is 5.94. The van der Waals surface area contributed by atoms with E-state index in [1.165, 1.54) is 43.5 Å². The molecular formula is C24H34N4O4. The van der Waals surface area contributed by atoms with E-state index in [1.807, 2.05) is 0 Å². The van der Waals surface area contributed by atoms with Gasteiger partial charge in [0, 0.05) is 56.5 Å². The number of piperazine rings is 1. The average Bonchev–Trinajstić information content (AvgIpc) is 3.34. The second kappa shape index (κ2) is 9.98. The zero-order valence-corrected chi connectivity index (χ0v) is 18.9. The van der Waals surface area contributed by atoms with Crippen molar-refractivity contribution in [1.82, 2.24) is 14.7 Å². The highest BCUT2D eigenvalue weighted by atomic mass is 16.6. The third-order valence-corrected chi connectivity index (χ3v) is 7.51. The molecule has 1 saturated carbocycles. The fourth-order valence-electron chi connectivity index (χ4n) is 5.64. The van der Waals surface area contributed by atoms with E-state index in [0.717, 1.165) is 32.2 Å². The summed E-state index contributed by atoms with van der Waals surface area (Å²) in [5.41, 5.74) is 0.450. The van der Waals surface area contributed by atoms with Gasteiger partial charge in [0.25, 0.3) is 11.6 Å². The molecule has 8 nitrogen and oxygen atoms in total. The Morgan fingerprint density at radius 3 is 2.16 bits per heavy atom. The molecule has 3 fully saturated rings. The van der Waals surface area contributed by atoms with E-state index in [9.17, 15) is 19.7 Å². The Morgan fingerprint density at radius 2 is 1.56 bits per heavy atom. The lowest BCUT2D eigenvalue weighted by Crippen LogP contribution is -2.60. The topological polar surface area (TPSA) is 87.0 Å². The van der Waals surface area contributed by atoms with Crippen molar-refractivity contribution in [3.8, 4) is 0 Å². The van der Waals surface area contributed by atoms with E-state index in [0.29, 0.717) is 49.6 Å². The molecule has 2 aliphatic heterocycles. The van der Waals surface area contributed by atoms with Gasteiger partial charge in [-0.1, -0.05) is 12.8 Å². The number of non-ortho nitro benzene ring substituents is 1. The van der Waals surface area contributed by atoms with Gasteiger partial charge in [-0.2, -0.15) is 0 Å². The summed E-state index contributed by atoms with van der Waals surface area (Å²) >= 11 is 0. The Morgan fingerprint density at radius 1 is 0.938 bits per heavy atom. The van der Waals surface area contributed by atoms with E-state index >= 15 is 0 Å². The van der Waals surface area contributed by atoms with Crippen LogP contribution in [0.4, 0.5) is 5.69 Å². The van der Waals surface area contributed by atoms with Gasteiger partial charge in [0.15, 0.2) is 0 Å². The quantitative estimate of drug-likeness (QED) is 0.516. The molecule has 2 atom stereocenters. The first-order chi connectivity index (χ1) is 15.5. The number of nitro benzene ring substituents is 1. The lowest BCUT2D eigenvalue weighted by atomic mass is 9.92. The van der Waals surface area contributed by atoms with Gasteiger partial charge < -0.3 is 9.80 Å². The van der Waals surface area contributed by atoms with Crippen LogP contribution in [0.3, 0.4) is 0 Å². The van der Waals surface area contributed by atoms with Crippen LogP contribution >= 0.6 is 0 Å². The number of amides is 2. The van der Waals surface area contributed by atoms with Crippen LogP contribution in [0.25, 0.3) is 0 Å². The van der Waals surface area contributed by atoms with Crippen LogP contribution in [0.1, 0.15) is 62.2 Å². The summed E-state index contributed by atoms with van der Waals surface area (Å²) in [6, 6.07) is 6.03. The van der Waals surface area contributed by atoms with E-state index < -0.39 is 4.92 Å². The Labute approximate surface area is 189 Å². The fourth-order valence-corrected chi connectivity index (χ4v) is 5.64. The van der Waals surface area contributed by atoms with Crippen molar-refractivity contribution in [2.45, 2.75) is 64.0 Å². The molecule has 8 heteroatoms. The lowest BCUT2D eigenvalue weighted by Gasteiger charge is -2.44. The second-order valence-corrected chi connectivity index (χ2v) is 9.50. The highest BCUT2D eigenvalue weighted by Crippen LogP contribution is 2.33. The molecule has 2 saturated heterocycles. The van der Waals surface area contributed by atoms with E-state index in [1.54, 1.807) is 4.90 Å². The first-order valence-corrected chi connectivity index (χ1v) is 12.0. The van der Waals surface area contributed by atoms with Gasteiger partial charge in [0.2, 0.25) is 5.91 Å². The minimum atomic E-state index is -0.462. The zero-order chi connectivity index (χ0) is 22.7. The molecule has 0 unspecified atom stereocenters. The van der Waals surface area contributed by atoms with Gasteiger partial charge in [-0.3, -0.25) is 24.6 Å². The van der Waals surface area contributed by atoms with Gasteiger partial charge in [0.1, 0.15) is 0 Å². The summed E-state index contributed by atoms with van der Waals surface area (Å²) in [4.78, 5) is 43.2. The number of likely N-dealkylation sites (tertiary alicyclic amines) is 1. The van der Waals surface area contributed by atoms with E-state index in [4.69, 9.17) is 0 Å². The number of nitrogens with zero attached hydrogens (tertiary/aromatic N) is 4. The maximum Gasteiger partial charge on any atom is 0.269 e. The third kappa shape index (κ3) is 4.80. The highest BCUT2D eigenvalue weighted by Gasteiger charge is 2.40. The molecule has 32 heavy (non-hydrogen) atoms. The molecule has 1 aromatic carbocycles. The van der Waals surface area contributed by atoms with Crippen molar-refractivity contribution in [1.29, 1.82) is 0 Å². The molecule has 2 heterocycles. The van der Waals surface area contributed by atoms with Crippen molar-refractivity contribution < 1.29 is 14.5 Å². The van der Waals surface area contributed by atoms with Crippen molar-refractivity contribution >= 4 is 17.5 Å². The summed E-state index contributed by atoms with van der Waals surface area (Å²) in [6.45, 7) is 5.55. The first kappa shape index (κ1) is 22.7. The summed E-state index contributed by atoms with van der Waals surface area (Å²) in [5.74, 6) is 0.598. The largest absolute Gasteiger partial charge is 0.339 e. The average molecular weight is 443 g/mol. The lowest BCUT2D eigenvalue weighted by molar-refractivity contribution is -0.384. The Kier molecular flexibility index (Phi) is 7.08. The normalized spacial score (nSPS) is 23.8. The van der Waals surface area contributed by atoms with Gasteiger partial charge in [-0.05, 0) is 57.1 Å². The van der Waals surface area contributed by atoms with Crippen LogP contribution in [0, 0.1) is 16.0 Å². The number of piperidine rings is 1. The second-order valence-electron chi connectivity index (χ2n) is 9.50. The molecule has 0 aromatic heterocycles. The van der Waals surface area contributed by atoms with Crippen LogP contribution in [-0.4, -0.2) is 76.2 Å². The number of hydrogen-bond donors (Lipinski definition) is 0. The Bertz CT molecular complexity index is 829. The van der Waals surface area contributed by atoms with Gasteiger partial charge >= 0.3 is 0 Å². The van der Waals surface area contributed by atoms with Gasteiger partial charge in [-0.15, -0.1) is 0 Å². The molecule has 3 aliphatic rings. The van der Waals surface area contributed by atoms with Crippen LogP contribution in [0.2, 0.25) is 0 Å². The number of carbonyl (C=O) groups is 2. The van der Waals surface area contributed by atoms with Crippen LogP contribution in [0.15, 0.2) is 24.3 Å². The van der Waals surface area contributed by atoms with Crippen molar-refractivity contribution in [3.63, 3.8) is 0 Å². The minimum Gasteiger partial charge on any atom is -0.339 e. The maximum atomic E-state index is 13.7. The van der Waals surface area contributed by atoms with Crippen molar-refractivity contribution in [2.75, 3.05) is 32.7 Å². The van der Waals surface area contributed by atoms with Crippen molar-refractivity contribution in [3.05, 3.63) is 39.9 Å².